The van der Waals surface area contributed by atoms with Gasteiger partial charge in [0, 0.05) is 23.0 Å². The van der Waals surface area contributed by atoms with Crippen LogP contribution in [-0.4, -0.2) is 25.3 Å². The third kappa shape index (κ3) is 3.80. The van der Waals surface area contributed by atoms with Gasteiger partial charge in [-0.25, -0.2) is 4.39 Å². The van der Waals surface area contributed by atoms with Crippen LogP contribution in [0.3, 0.4) is 0 Å². The van der Waals surface area contributed by atoms with Crippen LogP contribution in [0.25, 0.3) is 0 Å². The lowest BCUT2D eigenvalue weighted by atomic mass is 9.87. The van der Waals surface area contributed by atoms with Crippen LogP contribution in [0.2, 0.25) is 0 Å². The van der Waals surface area contributed by atoms with E-state index in [0.29, 0.717) is 18.1 Å². The van der Waals surface area contributed by atoms with E-state index < -0.39 is 0 Å². The molecule has 1 aliphatic rings. The van der Waals surface area contributed by atoms with Crippen LogP contribution in [0, 0.1) is 11.7 Å². The van der Waals surface area contributed by atoms with E-state index in [4.69, 9.17) is 4.74 Å². The summed E-state index contributed by atoms with van der Waals surface area (Å²) in [5.41, 5.74) is 1.15. The van der Waals surface area contributed by atoms with Gasteiger partial charge in [0.1, 0.15) is 5.82 Å². The van der Waals surface area contributed by atoms with Crippen molar-refractivity contribution in [2.45, 2.75) is 45.3 Å². The van der Waals surface area contributed by atoms with Gasteiger partial charge in [-0.2, -0.15) is 0 Å². The fourth-order valence-electron chi connectivity index (χ4n) is 3.11. The number of ether oxygens (including phenoxy) is 1. The van der Waals surface area contributed by atoms with Crippen molar-refractivity contribution < 1.29 is 9.13 Å². The van der Waals surface area contributed by atoms with Crippen molar-refractivity contribution in [2.75, 3.05) is 13.2 Å². The zero-order valence-electron chi connectivity index (χ0n) is 12.2. The van der Waals surface area contributed by atoms with Crippen molar-refractivity contribution in [3.8, 4) is 0 Å². The number of benzene rings is 1. The standard InChI is InChI=1S/C16H23BrFNO/c1-3-16-13(7-8-20-16)15(19-4-2)9-11-5-6-12(18)10-14(11)17/h5-6,10,13,15-16,19H,3-4,7-9H2,1-2H3. The average Bonchev–Trinajstić information content (AvgIpc) is 2.89. The first-order valence-electron chi connectivity index (χ1n) is 7.44. The Hall–Kier alpha value is -0.450. The van der Waals surface area contributed by atoms with Crippen molar-refractivity contribution in [3.63, 3.8) is 0 Å². The van der Waals surface area contributed by atoms with E-state index in [-0.39, 0.29) is 5.82 Å². The van der Waals surface area contributed by atoms with E-state index in [0.717, 1.165) is 42.5 Å². The molecule has 1 aromatic rings. The summed E-state index contributed by atoms with van der Waals surface area (Å²) in [7, 11) is 0. The number of halogens is 2. The normalized spacial score (nSPS) is 24.0. The molecule has 0 spiro atoms. The molecule has 1 saturated heterocycles. The smallest absolute Gasteiger partial charge is 0.124 e. The van der Waals surface area contributed by atoms with Crippen LogP contribution in [-0.2, 0) is 11.2 Å². The van der Waals surface area contributed by atoms with Crippen LogP contribution in [0.4, 0.5) is 4.39 Å². The van der Waals surface area contributed by atoms with Gasteiger partial charge in [0.2, 0.25) is 0 Å². The number of rotatable bonds is 6. The summed E-state index contributed by atoms with van der Waals surface area (Å²) in [5, 5.41) is 3.58. The molecule has 1 heterocycles. The van der Waals surface area contributed by atoms with Crippen LogP contribution >= 0.6 is 15.9 Å². The Labute approximate surface area is 129 Å². The molecule has 2 nitrogen and oxygen atoms in total. The fraction of sp³-hybridized carbons (Fsp3) is 0.625. The van der Waals surface area contributed by atoms with Gasteiger partial charge in [0.15, 0.2) is 0 Å². The monoisotopic (exact) mass is 343 g/mol. The minimum atomic E-state index is -0.198. The topological polar surface area (TPSA) is 21.3 Å². The summed E-state index contributed by atoms with van der Waals surface area (Å²) >= 11 is 3.47. The molecule has 0 aromatic heterocycles. The van der Waals surface area contributed by atoms with Gasteiger partial charge in [-0.15, -0.1) is 0 Å². The van der Waals surface area contributed by atoms with Gasteiger partial charge in [-0.1, -0.05) is 35.8 Å². The van der Waals surface area contributed by atoms with Crippen molar-refractivity contribution in [1.82, 2.24) is 5.32 Å². The van der Waals surface area contributed by atoms with Gasteiger partial charge in [-0.05, 0) is 43.5 Å². The zero-order valence-corrected chi connectivity index (χ0v) is 13.7. The highest BCUT2D eigenvalue weighted by Gasteiger charge is 2.33. The van der Waals surface area contributed by atoms with Crippen molar-refractivity contribution in [1.29, 1.82) is 0 Å². The summed E-state index contributed by atoms with van der Waals surface area (Å²) in [4.78, 5) is 0. The van der Waals surface area contributed by atoms with Crippen molar-refractivity contribution in [3.05, 3.63) is 34.1 Å². The van der Waals surface area contributed by atoms with E-state index in [9.17, 15) is 4.39 Å². The molecule has 1 N–H and O–H groups in total. The second-order valence-electron chi connectivity index (χ2n) is 5.37. The van der Waals surface area contributed by atoms with Crippen molar-refractivity contribution >= 4 is 15.9 Å². The minimum absolute atomic E-state index is 0.198. The highest BCUT2D eigenvalue weighted by molar-refractivity contribution is 9.10. The van der Waals surface area contributed by atoms with E-state index in [1.165, 1.54) is 6.07 Å². The molecule has 0 amide bonds. The molecule has 1 aromatic carbocycles. The zero-order chi connectivity index (χ0) is 14.5. The lowest BCUT2D eigenvalue weighted by Crippen LogP contribution is -2.41. The van der Waals surface area contributed by atoms with E-state index in [2.05, 4.69) is 35.1 Å². The third-order valence-electron chi connectivity index (χ3n) is 4.10. The summed E-state index contributed by atoms with van der Waals surface area (Å²) in [5.74, 6) is 0.341. The largest absolute Gasteiger partial charge is 0.378 e. The average molecular weight is 344 g/mol. The summed E-state index contributed by atoms with van der Waals surface area (Å²) < 4.78 is 19.9. The Morgan fingerprint density at radius 2 is 2.25 bits per heavy atom. The lowest BCUT2D eigenvalue weighted by molar-refractivity contribution is 0.0776. The highest BCUT2D eigenvalue weighted by atomic mass is 79.9. The molecule has 20 heavy (non-hydrogen) atoms. The molecular weight excluding hydrogens is 321 g/mol. The number of hydrogen-bond acceptors (Lipinski definition) is 2. The SMILES string of the molecule is CCNC(Cc1ccc(F)cc1Br)C1CCOC1CC. The first kappa shape index (κ1) is 15.9. The maximum atomic E-state index is 13.2. The Kier molecular flexibility index (Phi) is 6.00. The Morgan fingerprint density at radius 3 is 2.90 bits per heavy atom. The van der Waals surface area contributed by atoms with Crippen LogP contribution in [0.15, 0.2) is 22.7 Å². The molecule has 112 valence electrons. The van der Waals surface area contributed by atoms with Crippen LogP contribution in [0.5, 0.6) is 0 Å². The summed E-state index contributed by atoms with van der Waals surface area (Å²) in [6, 6.07) is 5.33. The number of nitrogens with one attached hydrogen (secondary N) is 1. The van der Waals surface area contributed by atoms with E-state index >= 15 is 0 Å². The third-order valence-corrected chi connectivity index (χ3v) is 4.84. The second kappa shape index (κ2) is 7.53. The highest BCUT2D eigenvalue weighted by Crippen LogP contribution is 2.30. The van der Waals surface area contributed by atoms with Crippen molar-refractivity contribution in [2.24, 2.45) is 5.92 Å². The molecule has 1 aliphatic heterocycles. The number of hydrogen-bond donors (Lipinski definition) is 1. The molecule has 3 unspecified atom stereocenters. The van der Waals surface area contributed by atoms with E-state index in [1.807, 2.05) is 6.07 Å². The van der Waals surface area contributed by atoms with E-state index in [1.54, 1.807) is 6.07 Å². The molecule has 0 saturated carbocycles. The molecule has 0 aliphatic carbocycles. The maximum Gasteiger partial charge on any atom is 0.124 e. The Morgan fingerprint density at radius 1 is 1.45 bits per heavy atom. The molecule has 0 radical (unpaired) electrons. The quantitative estimate of drug-likeness (QED) is 0.845. The summed E-state index contributed by atoms with van der Waals surface area (Å²) in [6.45, 7) is 6.11. The Bertz CT molecular complexity index is 440. The first-order valence-corrected chi connectivity index (χ1v) is 8.23. The molecule has 1 fully saturated rings. The lowest BCUT2D eigenvalue weighted by Gasteiger charge is -2.28. The van der Waals surface area contributed by atoms with Crippen LogP contribution < -0.4 is 5.32 Å². The van der Waals surface area contributed by atoms with Crippen LogP contribution in [0.1, 0.15) is 32.3 Å². The van der Waals surface area contributed by atoms with Gasteiger partial charge in [0.25, 0.3) is 0 Å². The van der Waals surface area contributed by atoms with Gasteiger partial charge >= 0.3 is 0 Å². The summed E-state index contributed by atoms with van der Waals surface area (Å²) in [6.07, 6.45) is 3.41. The molecule has 4 heteroatoms. The second-order valence-corrected chi connectivity index (χ2v) is 6.23. The van der Waals surface area contributed by atoms with Gasteiger partial charge in [0.05, 0.1) is 6.10 Å². The maximum absolute atomic E-state index is 13.2. The minimum Gasteiger partial charge on any atom is -0.378 e. The first-order chi connectivity index (χ1) is 9.65. The number of likely N-dealkylation sites (N-methyl/N-ethyl adjacent to an activating group) is 1. The fourth-order valence-corrected chi connectivity index (χ4v) is 3.62. The van der Waals surface area contributed by atoms with Gasteiger partial charge < -0.3 is 10.1 Å². The molecule has 3 atom stereocenters. The predicted octanol–water partition coefficient (Wildman–Crippen LogP) is 3.92. The van der Waals surface area contributed by atoms with Gasteiger partial charge in [-0.3, -0.25) is 0 Å². The predicted molar refractivity (Wildman–Crippen MR) is 83.4 cm³/mol. The molecule has 2 rings (SSSR count). The molecular formula is C16H23BrFNO. The molecule has 0 bridgehead atoms. The Balaban J connectivity index is 2.12.